The van der Waals surface area contributed by atoms with Crippen LogP contribution in [0, 0.1) is 5.92 Å². The summed E-state index contributed by atoms with van der Waals surface area (Å²) >= 11 is 0. The molecule has 1 aromatic rings. The minimum absolute atomic E-state index is 0.703. The summed E-state index contributed by atoms with van der Waals surface area (Å²) in [5, 5.41) is 3.56. The lowest BCUT2D eigenvalue weighted by Crippen LogP contribution is -2.31. The molecule has 1 atom stereocenters. The second kappa shape index (κ2) is 7.09. The summed E-state index contributed by atoms with van der Waals surface area (Å²) in [6.07, 6.45) is 4.72. The van der Waals surface area contributed by atoms with Crippen LogP contribution in [-0.4, -0.2) is 54.7 Å². The zero-order valence-electron chi connectivity index (χ0n) is 13.4. The van der Waals surface area contributed by atoms with Crippen molar-refractivity contribution in [3.8, 4) is 0 Å². The smallest absolute Gasteiger partial charge is 0.204 e. The van der Waals surface area contributed by atoms with E-state index in [1.54, 1.807) is 0 Å². The van der Waals surface area contributed by atoms with E-state index in [-0.39, 0.29) is 0 Å². The maximum Gasteiger partial charge on any atom is 0.204 e. The Morgan fingerprint density at radius 2 is 2.05 bits per heavy atom. The number of imidazole rings is 1. The van der Waals surface area contributed by atoms with Gasteiger partial charge in [0.1, 0.15) is 0 Å². The van der Waals surface area contributed by atoms with E-state index in [4.69, 9.17) is 0 Å². The molecular formula is C15H29N5. The molecule has 0 aliphatic carbocycles. The highest BCUT2D eigenvalue weighted by Gasteiger charge is 2.14. The van der Waals surface area contributed by atoms with Crippen molar-refractivity contribution in [3.05, 3.63) is 11.9 Å². The number of rotatable bonds is 7. The second-order valence-corrected chi connectivity index (χ2v) is 6.25. The maximum atomic E-state index is 4.44. The average Bonchev–Trinajstić information content (AvgIpc) is 3.00. The van der Waals surface area contributed by atoms with Gasteiger partial charge in [-0.1, -0.05) is 6.92 Å². The van der Waals surface area contributed by atoms with Gasteiger partial charge in [-0.25, -0.2) is 4.98 Å². The van der Waals surface area contributed by atoms with Gasteiger partial charge in [0.05, 0.1) is 11.9 Å². The Hall–Kier alpha value is -1.07. The van der Waals surface area contributed by atoms with Crippen molar-refractivity contribution in [2.24, 2.45) is 13.0 Å². The zero-order valence-corrected chi connectivity index (χ0v) is 13.4. The van der Waals surface area contributed by atoms with Crippen LogP contribution in [0.2, 0.25) is 0 Å². The number of aromatic nitrogens is 2. The summed E-state index contributed by atoms with van der Waals surface area (Å²) in [7, 11) is 6.13. The third-order valence-electron chi connectivity index (χ3n) is 4.03. The summed E-state index contributed by atoms with van der Waals surface area (Å²) in [4.78, 5) is 9.06. The van der Waals surface area contributed by atoms with Crippen molar-refractivity contribution >= 4 is 5.95 Å². The number of anilines is 1. The monoisotopic (exact) mass is 279 g/mol. The molecule has 114 valence electrons. The van der Waals surface area contributed by atoms with E-state index < -0.39 is 0 Å². The summed E-state index contributed by atoms with van der Waals surface area (Å²) in [6.45, 7) is 8.10. The van der Waals surface area contributed by atoms with E-state index in [9.17, 15) is 0 Å². The van der Waals surface area contributed by atoms with Crippen molar-refractivity contribution in [2.45, 2.75) is 26.3 Å². The van der Waals surface area contributed by atoms with Crippen LogP contribution >= 0.6 is 0 Å². The number of nitrogens with zero attached hydrogens (tertiary/aromatic N) is 4. The van der Waals surface area contributed by atoms with Gasteiger partial charge in [-0.2, -0.15) is 0 Å². The summed E-state index contributed by atoms with van der Waals surface area (Å²) < 4.78 is 2.15. The Kier molecular flexibility index (Phi) is 5.43. The van der Waals surface area contributed by atoms with Crippen LogP contribution in [0.5, 0.6) is 0 Å². The zero-order chi connectivity index (χ0) is 14.5. The third-order valence-corrected chi connectivity index (χ3v) is 4.03. The van der Waals surface area contributed by atoms with Crippen LogP contribution in [0.15, 0.2) is 6.20 Å². The van der Waals surface area contributed by atoms with Gasteiger partial charge in [-0.3, -0.25) is 0 Å². The molecule has 1 aliphatic rings. The molecular weight excluding hydrogens is 250 g/mol. The first-order valence-corrected chi connectivity index (χ1v) is 7.69. The molecule has 0 aromatic carbocycles. The highest BCUT2D eigenvalue weighted by Crippen LogP contribution is 2.12. The normalized spacial score (nSPS) is 17.6. The molecule has 1 unspecified atom stereocenters. The molecule has 1 N–H and O–H groups in total. The molecule has 0 spiro atoms. The molecule has 0 saturated carbocycles. The molecule has 0 bridgehead atoms. The topological polar surface area (TPSA) is 36.3 Å². The number of nitrogens with one attached hydrogen (secondary N) is 1. The summed E-state index contributed by atoms with van der Waals surface area (Å²) in [5.41, 5.74) is 1.24. The Morgan fingerprint density at radius 1 is 1.35 bits per heavy atom. The Labute approximate surface area is 123 Å². The van der Waals surface area contributed by atoms with Crippen molar-refractivity contribution in [1.29, 1.82) is 0 Å². The largest absolute Gasteiger partial charge is 0.348 e. The first kappa shape index (κ1) is 15.3. The fraction of sp³-hybridized carbons (Fsp3) is 0.800. The predicted molar refractivity (Wildman–Crippen MR) is 84.1 cm³/mol. The van der Waals surface area contributed by atoms with Crippen molar-refractivity contribution in [2.75, 3.05) is 45.2 Å². The minimum atomic E-state index is 0.703. The van der Waals surface area contributed by atoms with Crippen LogP contribution in [0.1, 0.15) is 25.5 Å². The first-order valence-electron chi connectivity index (χ1n) is 7.69. The van der Waals surface area contributed by atoms with Crippen LogP contribution in [-0.2, 0) is 13.6 Å². The van der Waals surface area contributed by atoms with Crippen LogP contribution in [0.25, 0.3) is 0 Å². The molecule has 2 heterocycles. The molecule has 5 nitrogen and oxygen atoms in total. The molecule has 2 rings (SSSR count). The number of hydrogen-bond acceptors (Lipinski definition) is 4. The van der Waals surface area contributed by atoms with Gasteiger partial charge in [-0.15, -0.1) is 0 Å². The second-order valence-electron chi connectivity index (χ2n) is 6.25. The van der Waals surface area contributed by atoms with Gasteiger partial charge in [0, 0.05) is 34.2 Å². The molecule has 1 aromatic heterocycles. The van der Waals surface area contributed by atoms with Crippen molar-refractivity contribution < 1.29 is 0 Å². The molecule has 0 radical (unpaired) electrons. The SMILES string of the molecule is CC(CNCc1cnc(N(C)C)n1C)CN1CCCC1. The van der Waals surface area contributed by atoms with Crippen LogP contribution in [0.3, 0.4) is 0 Å². The quantitative estimate of drug-likeness (QED) is 0.816. The van der Waals surface area contributed by atoms with Crippen LogP contribution < -0.4 is 10.2 Å². The van der Waals surface area contributed by atoms with Gasteiger partial charge in [0.2, 0.25) is 5.95 Å². The van der Waals surface area contributed by atoms with Crippen molar-refractivity contribution in [1.82, 2.24) is 19.8 Å². The highest BCUT2D eigenvalue weighted by molar-refractivity contribution is 5.30. The van der Waals surface area contributed by atoms with E-state index in [0.29, 0.717) is 5.92 Å². The van der Waals surface area contributed by atoms with Gasteiger partial charge in [0.25, 0.3) is 0 Å². The first-order chi connectivity index (χ1) is 9.58. The molecule has 1 fully saturated rings. The molecule has 0 amide bonds. The van der Waals surface area contributed by atoms with Gasteiger partial charge >= 0.3 is 0 Å². The van der Waals surface area contributed by atoms with Gasteiger partial charge in [0.15, 0.2) is 0 Å². The fourth-order valence-electron chi connectivity index (χ4n) is 2.93. The van der Waals surface area contributed by atoms with E-state index >= 15 is 0 Å². The van der Waals surface area contributed by atoms with E-state index in [1.807, 2.05) is 25.2 Å². The minimum Gasteiger partial charge on any atom is -0.348 e. The Bertz CT molecular complexity index is 406. The van der Waals surface area contributed by atoms with E-state index in [1.165, 1.54) is 38.2 Å². The molecule has 5 heteroatoms. The van der Waals surface area contributed by atoms with Gasteiger partial charge in [-0.05, 0) is 38.4 Å². The standard InChI is InChI=1S/C15H29N5/c1-13(12-20-7-5-6-8-20)9-16-10-14-11-17-15(18(2)3)19(14)4/h11,13,16H,5-10,12H2,1-4H3. The molecule has 1 aliphatic heterocycles. The lowest BCUT2D eigenvalue weighted by Gasteiger charge is -2.20. The Balaban J connectivity index is 1.72. The van der Waals surface area contributed by atoms with E-state index in [0.717, 1.165) is 19.0 Å². The lowest BCUT2D eigenvalue weighted by atomic mass is 10.1. The summed E-state index contributed by atoms with van der Waals surface area (Å²) in [6, 6.07) is 0. The summed E-state index contributed by atoms with van der Waals surface area (Å²) in [5.74, 6) is 1.71. The number of hydrogen-bond donors (Lipinski definition) is 1. The number of likely N-dealkylation sites (tertiary alicyclic amines) is 1. The fourth-order valence-corrected chi connectivity index (χ4v) is 2.93. The van der Waals surface area contributed by atoms with Crippen molar-refractivity contribution in [3.63, 3.8) is 0 Å². The average molecular weight is 279 g/mol. The molecule has 1 saturated heterocycles. The maximum absolute atomic E-state index is 4.44. The van der Waals surface area contributed by atoms with Crippen LogP contribution in [0.4, 0.5) is 5.95 Å². The van der Waals surface area contributed by atoms with Gasteiger partial charge < -0.3 is 19.7 Å². The van der Waals surface area contributed by atoms with E-state index in [2.05, 4.69) is 33.7 Å². The molecule has 20 heavy (non-hydrogen) atoms. The third kappa shape index (κ3) is 3.96. The Morgan fingerprint density at radius 3 is 2.65 bits per heavy atom. The lowest BCUT2D eigenvalue weighted by molar-refractivity contribution is 0.282. The predicted octanol–water partition coefficient (Wildman–Crippen LogP) is 1.31. The highest BCUT2D eigenvalue weighted by atomic mass is 15.3.